The van der Waals surface area contributed by atoms with Gasteiger partial charge in [-0.1, -0.05) is 41.4 Å². The Balaban J connectivity index is 2.17. The van der Waals surface area contributed by atoms with Gasteiger partial charge in [0.15, 0.2) is 0 Å². The van der Waals surface area contributed by atoms with Crippen LogP contribution in [0.3, 0.4) is 0 Å². The third-order valence-corrected chi connectivity index (χ3v) is 3.11. The largest absolute Gasteiger partial charge is 0.321 e. The van der Waals surface area contributed by atoms with E-state index in [0.717, 1.165) is 11.1 Å². The third-order valence-electron chi connectivity index (χ3n) is 2.86. The zero-order valence-electron chi connectivity index (χ0n) is 11.4. The summed E-state index contributed by atoms with van der Waals surface area (Å²) in [5, 5.41) is 12.4. The van der Waals surface area contributed by atoms with E-state index in [1.807, 2.05) is 25.1 Å². The zero-order valence-corrected chi connectivity index (χ0v) is 12.2. The number of halogens is 1. The summed E-state index contributed by atoms with van der Waals surface area (Å²) >= 11 is 5.80. The number of benzene rings is 2. The topological polar surface area (TPSA) is 52.9 Å². The molecule has 0 bridgehead atoms. The Bertz CT molecular complexity index is 710. The van der Waals surface area contributed by atoms with Crippen molar-refractivity contribution in [3.63, 3.8) is 0 Å². The van der Waals surface area contributed by atoms with E-state index in [9.17, 15) is 4.79 Å². The monoisotopic (exact) mass is 296 g/mol. The number of carbonyl (C=O) groups excluding carboxylic acids is 1. The number of nitrogens with one attached hydrogen (secondary N) is 1. The summed E-state index contributed by atoms with van der Waals surface area (Å²) in [6.07, 6.45) is 1.53. The lowest BCUT2D eigenvalue weighted by atomic mass is 10.1. The van der Waals surface area contributed by atoms with Crippen LogP contribution in [0.5, 0.6) is 0 Å². The fourth-order valence-electron chi connectivity index (χ4n) is 1.71. The van der Waals surface area contributed by atoms with Crippen molar-refractivity contribution in [2.24, 2.45) is 0 Å². The second-order valence-corrected chi connectivity index (χ2v) is 4.98. The second-order valence-electron chi connectivity index (χ2n) is 4.54. The number of anilines is 1. The summed E-state index contributed by atoms with van der Waals surface area (Å²) in [5.41, 5.74) is 2.54. The maximum atomic E-state index is 12.1. The van der Waals surface area contributed by atoms with Crippen LogP contribution in [0.4, 0.5) is 5.69 Å². The zero-order chi connectivity index (χ0) is 15.2. The van der Waals surface area contributed by atoms with Crippen molar-refractivity contribution in [1.82, 2.24) is 0 Å². The molecule has 0 aromatic heterocycles. The van der Waals surface area contributed by atoms with Gasteiger partial charge in [0, 0.05) is 10.7 Å². The van der Waals surface area contributed by atoms with Crippen molar-refractivity contribution < 1.29 is 4.79 Å². The highest BCUT2D eigenvalue weighted by molar-refractivity contribution is 6.30. The molecule has 2 aromatic carbocycles. The van der Waals surface area contributed by atoms with Crippen LogP contribution in [0.25, 0.3) is 6.08 Å². The van der Waals surface area contributed by atoms with E-state index >= 15 is 0 Å². The molecule has 2 rings (SSSR count). The standard InChI is InChI=1S/C17H13ClN2O/c1-12-2-8-16(9-3-12)20-17(21)14(11-19)10-13-4-6-15(18)7-5-13/h2-10H,1H3,(H,20,21)/b14-10-. The Hall–Kier alpha value is -2.57. The van der Waals surface area contributed by atoms with Crippen LogP contribution < -0.4 is 5.32 Å². The SMILES string of the molecule is Cc1ccc(NC(=O)/C(C#N)=C\c2ccc(Cl)cc2)cc1. The van der Waals surface area contributed by atoms with Crippen molar-refractivity contribution in [1.29, 1.82) is 5.26 Å². The molecular weight excluding hydrogens is 284 g/mol. The first-order valence-electron chi connectivity index (χ1n) is 6.34. The number of nitrogens with zero attached hydrogens (tertiary/aromatic N) is 1. The molecule has 3 nitrogen and oxygen atoms in total. The molecule has 0 heterocycles. The van der Waals surface area contributed by atoms with Crippen molar-refractivity contribution >= 4 is 29.3 Å². The van der Waals surface area contributed by atoms with Crippen molar-refractivity contribution in [2.75, 3.05) is 5.32 Å². The molecule has 0 spiro atoms. The predicted octanol–water partition coefficient (Wildman–Crippen LogP) is 4.19. The molecular formula is C17H13ClN2O. The first kappa shape index (κ1) is 14.8. The highest BCUT2D eigenvalue weighted by Gasteiger charge is 2.09. The summed E-state index contributed by atoms with van der Waals surface area (Å²) in [6, 6.07) is 16.2. The Morgan fingerprint density at radius 3 is 2.33 bits per heavy atom. The number of aryl methyl sites for hydroxylation is 1. The molecule has 0 aliphatic carbocycles. The first-order valence-corrected chi connectivity index (χ1v) is 6.71. The van der Waals surface area contributed by atoms with Gasteiger partial charge in [0.05, 0.1) is 0 Å². The van der Waals surface area contributed by atoms with Gasteiger partial charge in [0.2, 0.25) is 0 Å². The summed E-state index contributed by atoms with van der Waals surface area (Å²) in [6.45, 7) is 1.97. The van der Waals surface area contributed by atoms with Gasteiger partial charge >= 0.3 is 0 Å². The average Bonchev–Trinajstić information content (AvgIpc) is 2.49. The summed E-state index contributed by atoms with van der Waals surface area (Å²) in [5.74, 6) is -0.434. The molecule has 0 radical (unpaired) electrons. The lowest BCUT2D eigenvalue weighted by molar-refractivity contribution is -0.112. The first-order chi connectivity index (χ1) is 10.1. The molecule has 0 unspecified atom stereocenters. The van der Waals surface area contributed by atoms with Crippen LogP contribution in [0, 0.1) is 18.3 Å². The van der Waals surface area contributed by atoms with Crippen molar-refractivity contribution in [3.05, 3.63) is 70.3 Å². The van der Waals surface area contributed by atoms with E-state index in [0.29, 0.717) is 10.7 Å². The summed E-state index contributed by atoms with van der Waals surface area (Å²) in [7, 11) is 0. The van der Waals surface area contributed by atoms with Crippen LogP contribution in [0.15, 0.2) is 54.1 Å². The molecule has 0 fully saturated rings. The number of amides is 1. The molecule has 0 aliphatic heterocycles. The van der Waals surface area contributed by atoms with E-state index in [-0.39, 0.29) is 5.57 Å². The molecule has 0 saturated carbocycles. The van der Waals surface area contributed by atoms with Crippen LogP contribution in [-0.2, 0) is 4.79 Å². The smallest absolute Gasteiger partial charge is 0.266 e. The summed E-state index contributed by atoms with van der Waals surface area (Å²) in [4.78, 5) is 12.1. The number of nitriles is 1. The molecule has 21 heavy (non-hydrogen) atoms. The van der Waals surface area contributed by atoms with Crippen LogP contribution >= 0.6 is 11.6 Å². The van der Waals surface area contributed by atoms with Crippen LogP contribution in [0.1, 0.15) is 11.1 Å². The minimum atomic E-state index is -0.434. The van der Waals surface area contributed by atoms with E-state index < -0.39 is 5.91 Å². The minimum absolute atomic E-state index is 0.0397. The fraction of sp³-hybridized carbons (Fsp3) is 0.0588. The quantitative estimate of drug-likeness (QED) is 0.682. The van der Waals surface area contributed by atoms with Crippen molar-refractivity contribution in [3.8, 4) is 6.07 Å². The number of carbonyl (C=O) groups is 1. The van der Waals surface area contributed by atoms with Gasteiger partial charge in [-0.05, 0) is 42.8 Å². The van der Waals surface area contributed by atoms with E-state index in [1.165, 1.54) is 6.08 Å². The molecule has 4 heteroatoms. The van der Waals surface area contributed by atoms with Crippen LogP contribution in [-0.4, -0.2) is 5.91 Å². The maximum Gasteiger partial charge on any atom is 0.266 e. The molecule has 104 valence electrons. The van der Waals surface area contributed by atoms with Crippen molar-refractivity contribution in [2.45, 2.75) is 6.92 Å². The highest BCUT2D eigenvalue weighted by atomic mass is 35.5. The molecule has 1 N–H and O–H groups in total. The number of hydrogen-bond donors (Lipinski definition) is 1. The fourth-order valence-corrected chi connectivity index (χ4v) is 1.84. The summed E-state index contributed by atoms with van der Waals surface area (Å²) < 4.78 is 0. The second kappa shape index (κ2) is 6.74. The molecule has 0 saturated heterocycles. The number of hydrogen-bond acceptors (Lipinski definition) is 2. The van der Waals surface area contributed by atoms with E-state index in [2.05, 4.69) is 5.32 Å². The Morgan fingerprint density at radius 1 is 1.14 bits per heavy atom. The highest BCUT2D eigenvalue weighted by Crippen LogP contribution is 2.14. The van der Waals surface area contributed by atoms with E-state index in [4.69, 9.17) is 16.9 Å². The lowest BCUT2D eigenvalue weighted by Crippen LogP contribution is -2.13. The van der Waals surface area contributed by atoms with Gasteiger partial charge in [0.25, 0.3) is 5.91 Å². The van der Waals surface area contributed by atoms with Gasteiger partial charge in [-0.2, -0.15) is 5.26 Å². The Kier molecular flexibility index (Phi) is 4.76. The van der Waals surface area contributed by atoms with Gasteiger partial charge < -0.3 is 5.32 Å². The third kappa shape index (κ3) is 4.20. The molecule has 0 atom stereocenters. The molecule has 1 amide bonds. The minimum Gasteiger partial charge on any atom is -0.321 e. The van der Waals surface area contributed by atoms with Gasteiger partial charge in [-0.3, -0.25) is 4.79 Å². The normalized spacial score (nSPS) is 10.8. The lowest BCUT2D eigenvalue weighted by Gasteiger charge is -2.04. The Labute approximate surface area is 128 Å². The maximum absolute atomic E-state index is 12.1. The Morgan fingerprint density at radius 2 is 1.76 bits per heavy atom. The average molecular weight is 297 g/mol. The van der Waals surface area contributed by atoms with Crippen LogP contribution in [0.2, 0.25) is 5.02 Å². The van der Waals surface area contributed by atoms with Gasteiger partial charge in [-0.15, -0.1) is 0 Å². The van der Waals surface area contributed by atoms with Gasteiger partial charge in [0.1, 0.15) is 11.6 Å². The van der Waals surface area contributed by atoms with E-state index in [1.54, 1.807) is 36.4 Å². The van der Waals surface area contributed by atoms with Gasteiger partial charge in [-0.25, -0.2) is 0 Å². The molecule has 0 aliphatic rings. The number of rotatable bonds is 3. The predicted molar refractivity (Wildman–Crippen MR) is 84.9 cm³/mol. The molecule has 2 aromatic rings.